The number of aryl methyl sites for hydroxylation is 1. The van der Waals surface area contributed by atoms with E-state index in [9.17, 15) is 4.79 Å². The number of nitrogens with one attached hydrogen (secondary N) is 1. The molecular weight excluding hydrogens is 418 g/mol. The molecule has 2 aromatic heterocycles. The second kappa shape index (κ2) is 9.19. The summed E-state index contributed by atoms with van der Waals surface area (Å²) in [5.41, 5.74) is 6.36. The molecule has 0 saturated carbocycles. The van der Waals surface area contributed by atoms with Crippen LogP contribution < -0.4 is 5.43 Å². The van der Waals surface area contributed by atoms with Crippen LogP contribution in [-0.4, -0.2) is 32.0 Å². The molecule has 0 aliphatic rings. The number of benzene rings is 2. The molecule has 1 N–H and O–H groups in total. The predicted molar refractivity (Wildman–Crippen MR) is 122 cm³/mol. The summed E-state index contributed by atoms with van der Waals surface area (Å²) in [5.74, 6) is 0.0119. The van der Waals surface area contributed by atoms with Gasteiger partial charge in [-0.2, -0.15) is 5.10 Å². The number of thioether (sulfide) groups is 1. The largest absolute Gasteiger partial charge is 0.350 e. The van der Waals surface area contributed by atoms with E-state index in [-0.39, 0.29) is 11.7 Å². The number of carbonyl (C=O) groups is 1. The number of aromatic nitrogens is 3. The van der Waals surface area contributed by atoms with Gasteiger partial charge in [0.2, 0.25) is 0 Å². The molecule has 0 saturated heterocycles. The molecule has 152 valence electrons. The molecule has 8 heteroatoms. The van der Waals surface area contributed by atoms with Crippen LogP contribution in [0.4, 0.5) is 0 Å². The maximum Gasteiger partial charge on any atom is 0.250 e. The van der Waals surface area contributed by atoms with E-state index < -0.39 is 0 Å². The molecular formula is C22H20ClN5OS. The quantitative estimate of drug-likeness (QED) is 0.266. The molecule has 0 fully saturated rings. The second-order valence-electron chi connectivity index (χ2n) is 6.69. The number of carbonyl (C=O) groups excluding carboxylic acids is 1. The smallest absolute Gasteiger partial charge is 0.250 e. The molecule has 30 heavy (non-hydrogen) atoms. The molecule has 0 aliphatic carbocycles. The van der Waals surface area contributed by atoms with Crippen molar-refractivity contribution in [2.24, 2.45) is 12.1 Å². The van der Waals surface area contributed by atoms with Gasteiger partial charge in [0.1, 0.15) is 0 Å². The number of rotatable bonds is 7. The summed E-state index contributed by atoms with van der Waals surface area (Å²) >= 11 is 7.74. The summed E-state index contributed by atoms with van der Waals surface area (Å²) in [7, 11) is 1.92. The van der Waals surface area contributed by atoms with Crippen LogP contribution in [0.1, 0.15) is 11.3 Å². The van der Waals surface area contributed by atoms with Gasteiger partial charge in [-0.1, -0.05) is 53.7 Å². The normalized spacial score (nSPS) is 11.4. The fourth-order valence-electron chi connectivity index (χ4n) is 3.05. The van der Waals surface area contributed by atoms with Gasteiger partial charge in [-0.15, -0.1) is 0 Å². The minimum Gasteiger partial charge on any atom is -0.350 e. The maximum atomic E-state index is 12.3. The fraction of sp³-hybridized carbons (Fsp3) is 0.136. The Bertz CT molecular complexity index is 1210. The lowest BCUT2D eigenvalue weighted by Crippen LogP contribution is -2.20. The lowest BCUT2D eigenvalue weighted by molar-refractivity contribution is -0.118. The van der Waals surface area contributed by atoms with E-state index in [2.05, 4.69) is 15.1 Å². The second-order valence-corrected chi connectivity index (χ2v) is 8.04. The van der Waals surface area contributed by atoms with Gasteiger partial charge in [0.15, 0.2) is 5.16 Å². The van der Waals surface area contributed by atoms with Crippen molar-refractivity contribution in [3.05, 3.63) is 83.1 Å². The molecule has 2 heterocycles. The molecule has 4 aromatic rings. The van der Waals surface area contributed by atoms with Crippen molar-refractivity contribution in [3.8, 4) is 0 Å². The van der Waals surface area contributed by atoms with Crippen LogP contribution in [-0.2, 0) is 18.4 Å². The summed E-state index contributed by atoms with van der Waals surface area (Å²) in [4.78, 5) is 17.0. The molecule has 0 radical (unpaired) electrons. The Labute approximate surface area is 183 Å². The predicted octanol–water partition coefficient (Wildman–Crippen LogP) is 4.32. The van der Waals surface area contributed by atoms with E-state index in [0.29, 0.717) is 11.6 Å². The summed E-state index contributed by atoms with van der Waals surface area (Å²) in [6.07, 6.45) is 3.54. The van der Waals surface area contributed by atoms with Gasteiger partial charge in [0.05, 0.1) is 35.2 Å². The first kappa shape index (κ1) is 20.3. The summed E-state index contributed by atoms with van der Waals surface area (Å²) in [6.45, 7) is 0.579. The molecule has 0 bridgehead atoms. The molecule has 0 aliphatic heterocycles. The highest BCUT2D eigenvalue weighted by molar-refractivity contribution is 7.99. The number of hydrogen-bond donors (Lipinski definition) is 1. The minimum absolute atomic E-state index is 0.193. The van der Waals surface area contributed by atoms with Crippen LogP contribution in [0.3, 0.4) is 0 Å². The first-order valence-corrected chi connectivity index (χ1v) is 10.7. The van der Waals surface area contributed by atoms with Gasteiger partial charge in [-0.25, -0.2) is 10.4 Å². The number of imidazole rings is 1. The van der Waals surface area contributed by atoms with Gasteiger partial charge >= 0.3 is 0 Å². The molecule has 0 atom stereocenters. The number of hydrogen-bond acceptors (Lipinski definition) is 4. The van der Waals surface area contributed by atoms with E-state index in [1.165, 1.54) is 11.8 Å². The fourth-order valence-corrected chi connectivity index (χ4v) is 4.06. The van der Waals surface area contributed by atoms with Gasteiger partial charge in [0, 0.05) is 18.3 Å². The highest BCUT2D eigenvalue weighted by atomic mass is 35.5. The molecule has 2 aromatic carbocycles. The molecule has 6 nitrogen and oxygen atoms in total. The topological polar surface area (TPSA) is 64.2 Å². The van der Waals surface area contributed by atoms with E-state index in [1.54, 1.807) is 6.21 Å². The van der Waals surface area contributed by atoms with Crippen LogP contribution in [0.2, 0.25) is 5.02 Å². The SMILES string of the molecule is Cn1cccc1C=NNC(=O)CSc1nc2ccccc2n1Cc1ccccc1Cl. The number of fused-ring (bicyclic) bond motifs is 1. The Morgan fingerprint density at radius 3 is 2.77 bits per heavy atom. The van der Waals surface area contributed by atoms with Crippen LogP contribution in [0, 0.1) is 0 Å². The maximum absolute atomic E-state index is 12.3. The zero-order valence-corrected chi connectivity index (χ0v) is 17.9. The Kier molecular flexibility index (Phi) is 6.21. The van der Waals surface area contributed by atoms with Gasteiger partial charge in [-0.3, -0.25) is 4.79 Å². The molecule has 1 amide bonds. The van der Waals surface area contributed by atoms with Gasteiger partial charge in [-0.05, 0) is 35.9 Å². The van der Waals surface area contributed by atoms with Gasteiger partial charge < -0.3 is 9.13 Å². The summed E-state index contributed by atoms with van der Waals surface area (Å²) in [5, 5.41) is 5.50. The van der Waals surface area contributed by atoms with Crippen LogP contribution in [0.5, 0.6) is 0 Å². The molecule has 0 spiro atoms. The van der Waals surface area contributed by atoms with E-state index in [1.807, 2.05) is 78.5 Å². The number of halogens is 1. The first-order valence-electron chi connectivity index (χ1n) is 9.36. The highest BCUT2D eigenvalue weighted by Crippen LogP contribution is 2.26. The average Bonchev–Trinajstić information content (AvgIpc) is 3.31. The number of nitrogens with zero attached hydrogens (tertiary/aromatic N) is 4. The highest BCUT2D eigenvalue weighted by Gasteiger charge is 2.14. The zero-order chi connectivity index (χ0) is 20.9. The number of hydrazone groups is 1. The van der Waals surface area contributed by atoms with Crippen molar-refractivity contribution >= 4 is 46.5 Å². The zero-order valence-electron chi connectivity index (χ0n) is 16.3. The Balaban J connectivity index is 1.48. The molecule has 0 unspecified atom stereocenters. The third-order valence-electron chi connectivity index (χ3n) is 4.61. The average molecular weight is 438 g/mol. The van der Waals surface area contributed by atoms with Crippen molar-refractivity contribution in [3.63, 3.8) is 0 Å². The summed E-state index contributed by atoms with van der Waals surface area (Å²) in [6, 6.07) is 19.5. The van der Waals surface area contributed by atoms with Crippen molar-refractivity contribution in [2.75, 3.05) is 5.75 Å². The number of amides is 1. The van der Waals surface area contributed by atoms with E-state index in [0.717, 1.165) is 27.4 Å². The lowest BCUT2D eigenvalue weighted by atomic mass is 10.2. The standard InChI is InChI=1S/C22H20ClN5OS/c1-27-12-6-8-17(27)13-24-26-21(29)15-30-22-25-19-10-4-5-11-20(19)28(22)14-16-7-2-3-9-18(16)23/h2-13H,14-15H2,1H3,(H,26,29). The minimum atomic E-state index is -0.193. The summed E-state index contributed by atoms with van der Waals surface area (Å²) < 4.78 is 4.00. The Morgan fingerprint density at radius 2 is 1.97 bits per heavy atom. The Hall–Kier alpha value is -3.03. The van der Waals surface area contributed by atoms with Crippen molar-refractivity contribution in [1.29, 1.82) is 0 Å². The monoisotopic (exact) mass is 437 g/mol. The van der Waals surface area contributed by atoms with Crippen molar-refractivity contribution in [1.82, 2.24) is 19.5 Å². The van der Waals surface area contributed by atoms with Crippen LogP contribution >= 0.6 is 23.4 Å². The van der Waals surface area contributed by atoms with Gasteiger partial charge in [0.25, 0.3) is 5.91 Å². The van der Waals surface area contributed by atoms with E-state index in [4.69, 9.17) is 16.6 Å². The van der Waals surface area contributed by atoms with Crippen LogP contribution in [0.15, 0.2) is 77.1 Å². The first-order chi connectivity index (χ1) is 14.6. The third kappa shape index (κ3) is 4.58. The van der Waals surface area contributed by atoms with Crippen molar-refractivity contribution in [2.45, 2.75) is 11.7 Å². The van der Waals surface area contributed by atoms with Crippen LogP contribution in [0.25, 0.3) is 11.0 Å². The Morgan fingerprint density at radius 1 is 1.17 bits per heavy atom. The molecule has 4 rings (SSSR count). The van der Waals surface area contributed by atoms with Crippen molar-refractivity contribution < 1.29 is 4.79 Å². The third-order valence-corrected chi connectivity index (χ3v) is 5.95. The lowest BCUT2D eigenvalue weighted by Gasteiger charge is -2.10. The van der Waals surface area contributed by atoms with E-state index >= 15 is 0 Å². The number of para-hydroxylation sites is 2.